The monoisotopic (exact) mass is 170 g/mol. The van der Waals surface area contributed by atoms with Crippen molar-refractivity contribution < 1.29 is 0 Å². The fourth-order valence-corrected chi connectivity index (χ4v) is 1.24. The molecule has 13 heavy (non-hydrogen) atoms. The van der Waals surface area contributed by atoms with Crippen LogP contribution in [-0.2, 0) is 7.05 Å². The molecule has 2 rings (SSSR count). The predicted molar refractivity (Wildman–Crippen MR) is 52.4 cm³/mol. The van der Waals surface area contributed by atoms with Crippen LogP contribution in [-0.4, -0.2) is 17.4 Å². The van der Waals surface area contributed by atoms with Crippen molar-refractivity contribution in [2.24, 2.45) is 7.05 Å². The second kappa shape index (κ2) is 2.73. The third-order valence-corrected chi connectivity index (χ3v) is 2.02. The Morgan fingerprint density at radius 2 is 2.08 bits per heavy atom. The molecule has 0 spiro atoms. The van der Waals surface area contributed by atoms with E-state index in [9.17, 15) is 4.79 Å². The van der Waals surface area contributed by atoms with Crippen molar-refractivity contribution in [3.8, 4) is 0 Å². The average Bonchev–Trinajstić information content (AvgIpc) is 2.15. The van der Waals surface area contributed by atoms with Crippen molar-refractivity contribution in [2.75, 3.05) is 0 Å². The minimum atomic E-state index is -0.108. The Hall–Kier alpha value is -1.58. The Morgan fingerprint density at radius 3 is 2.85 bits per heavy atom. The highest BCUT2D eigenvalue weighted by Crippen LogP contribution is 2.02. The standard InChI is InChI=1S/C9H7BN2O/c1-12-8(13)6-4-2-3-5-7(6)11-9(12)10/h2-5H,1H3. The molecule has 0 atom stereocenters. The van der Waals surface area contributed by atoms with Crippen molar-refractivity contribution in [3.63, 3.8) is 0 Å². The van der Waals surface area contributed by atoms with Gasteiger partial charge in [0.15, 0.2) is 7.85 Å². The Labute approximate surface area is 76.4 Å². The highest BCUT2D eigenvalue weighted by atomic mass is 16.1. The van der Waals surface area contributed by atoms with Crippen LogP contribution >= 0.6 is 0 Å². The SMILES string of the molecule is [B]c1nc2ccccc2c(=O)n1C. The average molecular weight is 170 g/mol. The lowest BCUT2D eigenvalue weighted by Crippen LogP contribution is -2.33. The Kier molecular flexibility index (Phi) is 1.69. The van der Waals surface area contributed by atoms with Crippen molar-refractivity contribution >= 4 is 24.5 Å². The van der Waals surface area contributed by atoms with Gasteiger partial charge in [-0.15, -0.1) is 0 Å². The fourth-order valence-electron chi connectivity index (χ4n) is 1.24. The van der Waals surface area contributed by atoms with Crippen LogP contribution in [0.5, 0.6) is 0 Å². The molecule has 0 fully saturated rings. The summed E-state index contributed by atoms with van der Waals surface area (Å²) in [4.78, 5) is 15.7. The molecule has 4 heteroatoms. The number of hydrogen-bond acceptors (Lipinski definition) is 2. The maximum atomic E-state index is 11.6. The van der Waals surface area contributed by atoms with E-state index in [4.69, 9.17) is 7.85 Å². The number of benzene rings is 1. The molecule has 0 aliphatic carbocycles. The smallest absolute Gasteiger partial charge is 0.260 e. The van der Waals surface area contributed by atoms with Crippen LogP contribution in [0.25, 0.3) is 10.9 Å². The molecule has 2 radical (unpaired) electrons. The van der Waals surface area contributed by atoms with Crippen LogP contribution in [0.3, 0.4) is 0 Å². The molecule has 0 saturated carbocycles. The van der Waals surface area contributed by atoms with Crippen LogP contribution in [0.2, 0.25) is 0 Å². The predicted octanol–water partition coefficient (Wildman–Crippen LogP) is -0.273. The zero-order chi connectivity index (χ0) is 9.42. The molecule has 0 amide bonds. The minimum absolute atomic E-state index is 0.108. The van der Waals surface area contributed by atoms with Crippen molar-refractivity contribution in [3.05, 3.63) is 34.6 Å². The van der Waals surface area contributed by atoms with E-state index in [1.165, 1.54) is 4.57 Å². The van der Waals surface area contributed by atoms with Gasteiger partial charge in [-0.25, -0.2) is 4.98 Å². The van der Waals surface area contributed by atoms with Crippen LogP contribution in [0, 0.1) is 0 Å². The lowest BCUT2D eigenvalue weighted by molar-refractivity contribution is 0.881. The maximum Gasteiger partial charge on any atom is 0.260 e. The summed E-state index contributed by atoms with van der Waals surface area (Å²) in [5.41, 5.74) is 0.773. The summed E-state index contributed by atoms with van der Waals surface area (Å²) < 4.78 is 1.34. The number of rotatable bonds is 0. The third kappa shape index (κ3) is 1.14. The van der Waals surface area contributed by atoms with Crippen LogP contribution in [0.4, 0.5) is 0 Å². The molecule has 1 aromatic heterocycles. The Bertz CT molecular complexity index is 518. The molecular formula is C9H7BN2O. The maximum absolute atomic E-state index is 11.6. The summed E-state index contributed by atoms with van der Waals surface area (Å²) in [6, 6.07) is 7.15. The molecule has 3 nitrogen and oxygen atoms in total. The van der Waals surface area contributed by atoms with Crippen LogP contribution in [0.15, 0.2) is 29.1 Å². The third-order valence-electron chi connectivity index (χ3n) is 2.02. The summed E-state index contributed by atoms with van der Waals surface area (Å²) >= 11 is 0. The highest BCUT2D eigenvalue weighted by molar-refractivity contribution is 6.29. The largest absolute Gasteiger partial charge is 0.309 e. The van der Waals surface area contributed by atoms with E-state index < -0.39 is 0 Å². The topological polar surface area (TPSA) is 34.9 Å². The number of nitrogens with zero attached hydrogens (tertiary/aromatic N) is 2. The fraction of sp³-hybridized carbons (Fsp3) is 0.111. The van der Waals surface area contributed by atoms with Gasteiger partial charge in [0.1, 0.15) is 0 Å². The molecule has 62 valence electrons. The number of para-hydroxylation sites is 1. The quantitative estimate of drug-likeness (QED) is 0.510. The first-order chi connectivity index (χ1) is 6.20. The Balaban J connectivity index is 3.03. The van der Waals surface area contributed by atoms with E-state index in [1.807, 2.05) is 12.1 Å². The van der Waals surface area contributed by atoms with Gasteiger partial charge < -0.3 is 4.57 Å². The summed E-state index contributed by atoms with van der Waals surface area (Å²) in [5, 5.41) is 0.596. The second-order valence-electron chi connectivity index (χ2n) is 2.85. The van der Waals surface area contributed by atoms with E-state index in [0.717, 1.165) is 0 Å². The van der Waals surface area contributed by atoms with E-state index in [0.29, 0.717) is 10.9 Å². The van der Waals surface area contributed by atoms with Gasteiger partial charge in [-0.05, 0) is 12.1 Å². The minimum Gasteiger partial charge on any atom is -0.309 e. The van der Waals surface area contributed by atoms with Gasteiger partial charge in [0.2, 0.25) is 0 Å². The van der Waals surface area contributed by atoms with Crippen molar-refractivity contribution in [1.82, 2.24) is 9.55 Å². The summed E-state index contributed by atoms with van der Waals surface area (Å²) in [6.45, 7) is 0. The van der Waals surface area contributed by atoms with Gasteiger partial charge in [-0.1, -0.05) is 12.1 Å². The molecule has 0 bridgehead atoms. The second-order valence-corrected chi connectivity index (χ2v) is 2.85. The first-order valence-corrected chi connectivity index (χ1v) is 3.91. The zero-order valence-electron chi connectivity index (χ0n) is 7.19. The molecule has 1 aromatic carbocycles. The Morgan fingerprint density at radius 1 is 1.38 bits per heavy atom. The molecule has 0 aliphatic rings. The lowest BCUT2D eigenvalue weighted by atomic mass is 10.1. The molecule has 0 saturated heterocycles. The summed E-state index contributed by atoms with van der Waals surface area (Å²) in [5.74, 6) is 0. The highest BCUT2D eigenvalue weighted by Gasteiger charge is 2.02. The molecule has 0 N–H and O–H groups in total. The van der Waals surface area contributed by atoms with E-state index in [1.54, 1.807) is 19.2 Å². The number of aromatic nitrogens is 2. The molecule has 1 heterocycles. The summed E-state index contributed by atoms with van der Waals surface area (Å²) in [6.07, 6.45) is 0. The first-order valence-electron chi connectivity index (χ1n) is 3.91. The van der Waals surface area contributed by atoms with Crippen LogP contribution < -0.4 is 11.3 Å². The first kappa shape index (κ1) is 8.04. The van der Waals surface area contributed by atoms with Gasteiger partial charge >= 0.3 is 0 Å². The van der Waals surface area contributed by atoms with Gasteiger partial charge in [-0.3, -0.25) is 4.79 Å². The van der Waals surface area contributed by atoms with Crippen molar-refractivity contribution in [2.45, 2.75) is 0 Å². The number of hydrogen-bond donors (Lipinski definition) is 0. The number of fused-ring (bicyclic) bond motifs is 1. The molecule has 0 unspecified atom stereocenters. The van der Waals surface area contributed by atoms with E-state index >= 15 is 0 Å². The van der Waals surface area contributed by atoms with Crippen LogP contribution in [0.1, 0.15) is 0 Å². The van der Waals surface area contributed by atoms with E-state index in [-0.39, 0.29) is 11.3 Å². The van der Waals surface area contributed by atoms with Gasteiger partial charge in [0.05, 0.1) is 16.6 Å². The summed E-state index contributed by atoms with van der Waals surface area (Å²) in [7, 11) is 7.15. The molecule has 2 aromatic rings. The lowest BCUT2D eigenvalue weighted by Gasteiger charge is -2.04. The van der Waals surface area contributed by atoms with E-state index in [2.05, 4.69) is 4.98 Å². The van der Waals surface area contributed by atoms with Gasteiger partial charge in [0, 0.05) is 7.05 Å². The normalized spacial score (nSPS) is 10.5. The van der Waals surface area contributed by atoms with Crippen molar-refractivity contribution in [1.29, 1.82) is 0 Å². The van der Waals surface area contributed by atoms with Gasteiger partial charge in [-0.2, -0.15) is 0 Å². The zero-order valence-corrected chi connectivity index (χ0v) is 7.19. The molecule has 0 aliphatic heterocycles. The van der Waals surface area contributed by atoms with Gasteiger partial charge in [0.25, 0.3) is 5.56 Å². The molecular weight excluding hydrogens is 163 g/mol.